The number of rotatable bonds is 1. The summed E-state index contributed by atoms with van der Waals surface area (Å²) in [7, 11) is 0. The van der Waals surface area contributed by atoms with Gasteiger partial charge < -0.3 is 10.0 Å². The van der Waals surface area contributed by atoms with Crippen molar-refractivity contribution in [3.63, 3.8) is 0 Å². The third kappa shape index (κ3) is 3.39. The highest BCUT2D eigenvalue weighted by Crippen LogP contribution is 2.37. The minimum Gasteiger partial charge on any atom is -0.480 e. The highest BCUT2D eigenvalue weighted by Gasteiger charge is 2.51. The highest BCUT2D eigenvalue weighted by atomic mass is 19.4. The fraction of sp³-hybridized carbons (Fsp3) is 0.833. The molecule has 0 aromatic carbocycles. The first-order valence-electron chi connectivity index (χ1n) is 6.08. The van der Waals surface area contributed by atoms with Crippen LogP contribution in [0.25, 0.3) is 0 Å². The molecule has 1 rings (SSSR count). The number of carbonyl (C=O) groups excluding carboxylic acids is 1. The summed E-state index contributed by atoms with van der Waals surface area (Å²) in [6, 6.07) is -2.12. The van der Waals surface area contributed by atoms with Crippen molar-refractivity contribution < 1.29 is 27.9 Å². The van der Waals surface area contributed by atoms with E-state index in [-0.39, 0.29) is 6.42 Å². The Morgan fingerprint density at radius 3 is 2.05 bits per heavy atom. The van der Waals surface area contributed by atoms with E-state index < -0.39 is 35.6 Å². The molecule has 0 bridgehead atoms. The van der Waals surface area contributed by atoms with Gasteiger partial charge in [-0.1, -0.05) is 20.8 Å². The van der Waals surface area contributed by atoms with Gasteiger partial charge in [0.15, 0.2) is 0 Å². The number of hydrogen-bond acceptors (Lipinski definition) is 2. The lowest BCUT2D eigenvalue weighted by molar-refractivity contribution is -0.197. The van der Waals surface area contributed by atoms with Crippen molar-refractivity contribution in [2.24, 2.45) is 5.41 Å². The topological polar surface area (TPSA) is 57.6 Å². The lowest BCUT2D eigenvalue weighted by atomic mass is 9.78. The van der Waals surface area contributed by atoms with Crippen LogP contribution in [0.1, 0.15) is 40.0 Å². The lowest BCUT2D eigenvalue weighted by Gasteiger charge is -2.46. The summed E-state index contributed by atoms with van der Waals surface area (Å²) in [5.41, 5.74) is -0.602. The third-order valence-corrected chi connectivity index (χ3v) is 3.39. The van der Waals surface area contributed by atoms with E-state index in [1.54, 1.807) is 20.8 Å². The summed E-state index contributed by atoms with van der Waals surface area (Å²) >= 11 is 0. The van der Waals surface area contributed by atoms with Crippen molar-refractivity contribution in [1.82, 2.24) is 4.90 Å². The third-order valence-electron chi connectivity index (χ3n) is 3.39. The Kier molecular flexibility index (Phi) is 4.17. The molecule has 110 valence electrons. The Labute approximate surface area is 109 Å². The summed E-state index contributed by atoms with van der Waals surface area (Å²) in [5.74, 6) is -3.44. The molecule has 0 aromatic rings. The lowest BCUT2D eigenvalue weighted by Crippen LogP contribution is -2.60. The Balaban J connectivity index is 3.18. The fourth-order valence-electron chi connectivity index (χ4n) is 2.52. The first-order chi connectivity index (χ1) is 8.46. The summed E-state index contributed by atoms with van der Waals surface area (Å²) in [6.07, 6.45) is -4.10. The number of amides is 1. The number of carbonyl (C=O) groups is 2. The zero-order chi connectivity index (χ0) is 15.0. The molecule has 2 unspecified atom stereocenters. The van der Waals surface area contributed by atoms with Gasteiger partial charge in [0, 0.05) is 6.04 Å². The van der Waals surface area contributed by atoms with Crippen LogP contribution in [-0.2, 0) is 9.59 Å². The molecule has 1 fully saturated rings. The van der Waals surface area contributed by atoms with Gasteiger partial charge in [-0.15, -0.1) is 0 Å². The van der Waals surface area contributed by atoms with Gasteiger partial charge >= 0.3 is 18.1 Å². The van der Waals surface area contributed by atoms with Crippen molar-refractivity contribution >= 4 is 11.9 Å². The molecule has 0 aromatic heterocycles. The second-order valence-electron chi connectivity index (χ2n) is 5.88. The first kappa shape index (κ1) is 15.8. The number of alkyl halides is 3. The molecule has 1 aliphatic rings. The van der Waals surface area contributed by atoms with Gasteiger partial charge in [0.2, 0.25) is 0 Å². The average molecular weight is 281 g/mol. The number of carboxylic acid groups (broad SMARTS) is 1. The standard InChI is InChI=1S/C12H18F3NO3/c1-11(2,3)8-6-4-5-7(9(17)18)16(8)10(19)12(13,14)15/h7-8H,4-6H2,1-3H3,(H,17,18). The summed E-state index contributed by atoms with van der Waals surface area (Å²) in [6.45, 7) is 5.12. The number of halogens is 3. The van der Waals surface area contributed by atoms with Crippen LogP contribution in [0.3, 0.4) is 0 Å². The molecule has 19 heavy (non-hydrogen) atoms. The summed E-state index contributed by atoms with van der Waals surface area (Å²) in [4.78, 5) is 23.2. The van der Waals surface area contributed by atoms with Crippen molar-refractivity contribution in [2.75, 3.05) is 0 Å². The van der Waals surface area contributed by atoms with Gasteiger partial charge in [-0.3, -0.25) is 4.79 Å². The quantitative estimate of drug-likeness (QED) is 0.803. The number of likely N-dealkylation sites (tertiary alicyclic amines) is 1. The number of piperidine rings is 1. The van der Waals surface area contributed by atoms with E-state index in [1.165, 1.54) is 0 Å². The van der Waals surface area contributed by atoms with Crippen molar-refractivity contribution in [3.05, 3.63) is 0 Å². The molecule has 1 amide bonds. The predicted molar refractivity (Wildman–Crippen MR) is 61.4 cm³/mol. The average Bonchev–Trinajstić information content (AvgIpc) is 2.24. The highest BCUT2D eigenvalue weighted by molar-refractivity contribution is 5.87. The Bertz CT molecular complexity index is 373. The van der Waals surface area contributed by atoms with E-state index in [4.69, 9.17) is 5.11 Å². The molecule has 0 spiro atoms. The zero-order valence-electron chi connectivity index (χ0n) is 11.1. The van der Waals surface area contributed by atoms with Gasteiger partial charge in [-0.25, -0.2) is 4.79 Å². The van der Waals surface area contributed by atoms with E-state index in [0.717, 1.165) is 0 Å². The minimum absolute atomic E-state index is 0.0593. The fourth-order valence-corrected chi connectivity index (χ4v) is 2.52. The zero-order valence-corrected chi connectivity index (χ0v) is 11.1. The normalized spacial score (nSPS) is 25.3. The monoisotopic (exact) mass is 281 g/mol. The van der Waals surface area contributed by atoms with E-state index in [0.29, 0.717) is 17.7 Å². The van der Waals surface area contributed by atoms with Crippen LogP contribution in [0.5, 0.6) is 0 Å². The van der Waals surface area contributed by atoms with Gasteiger partial charge in [-0.05, 0) is 24.7 Å². The molecule has 1 aliphatic heterocycles. The second kappa shape index (κ2) is 5.02. The van der Waals surface area contributed by atoms with Crippen LogP contribution >= 0.6 is 0 Å². The van der Waals surface area contributed by atoms with E-state index >= 15 is 0 Å². The van der Waals surface area contributed by atoms with Crippen LogP contribution in [0.15, 0.2) is 0 Å². The molecule has 0 saturated carbocycles. The maximum absolute atomic E-state index is 12.6. The maximum atomic E-state index is 12.6. The van der Waals surface area contributed by atoms with Crippen molar-refractivity contribution in [2.45, 2.75) is 58.3 Å². The van der Waals surface area contributed by atoms with Crippen molar-refractivity contribution in [1.29, 1.82) is 0 Å². The van der Waals surface area contributed by atoms with Crippen LogP contribution in [0.2, 0.25) is 0 Å². The molecular formula is C12H18F3NO3. The first-order valence-corrected chi connectivity index (χ1v) is 6.08. The second-order valence-corrected chi connectivity index (χ2v) is 5.88. The molecule has 1 heterocycles. The maximum Gasteiger partial charge on any atom is 0.471 e. The molecule has 1 N–H and O–H groups in total. The number of aliphatic carboxylic acids is 1. The molecule has 2 atom stereocenters. The molecule has 1 saturated heterocycles. The van der Waals surface area contributed by atoms with Crippen LogP contribution in [-0.4, -0.2) is 40.1 Å². The predicted octanol–water partition coefficient (Wildman–Crippen LogP) is 2.43. The largest absolute Gasteiger partial charge is 0.480 e. The van der Waals surface area contributed by atoms with Crippen LogP contribution in [0, 0.1) is 5.41 Å². The van der Waals surface area contributed by atoms with Gasteiger partial charge in [0.25, 0.3) is 0 Å². The molecule has 4 nitrogen and oxygen atoms in total. The summed E-state index contributed by atoms with van der Waals surface area (Å²) < 4.78 is 37.9. The molecule has 0 radical (unpaired) electrons. The summed E-state index contributed by atoms with van der Waals surface area (Å²) in [5, 5.41) is 9.05. The van der Waals surface area contributed by atoms with Crippen molar-refractivity contribution in [3.8, 4) is 0 Å². The van der Waals surface area contributed by atoms with E-state index in [9.17, 15) is 22.8 Å². The number of hydrogen-bond donors (Lipinski definition) is 1. The number of carboxylic acids is 1. The number of nitrogens with zero attached hydrogens (tertiary/aromatic N) is 1. The van der Waals surface area contributed by atoms with Gasteiger partial charge in [-0.2, -0.15) is 13.2 Å². The van der Waals surface area contributed by atoms with Gasteiger partial charge in [0.1, 0.15) is 6.04 Å². The Hall–Kier alpha value is -1.27. The Morgan fingerprint density at radius 1 is 1.16 bits per heavy atom. The van der Waals surface area contributed by atoms with Crippen LogP contribution in [0.4, 0.5) is 13.2 Å². The van der Waals surface area contributed by atoms with E-state index in [2.05, 4.69) is 0 Å². The molecular weight excluding hydrogens is 263 g/mol. The molecule has 7 heteroatoms. The van der Waals surface area contributed by atoms with E-state index in [1.807, 2.05) is 0 Å². The molecule has 0 aliphatic carbocycles. The Morgan fingerprint density at radius 2 is 1.68 bits per heavy atom. The minimum atomic E-state index is -5.05. The smallest absolute Gasteiger partial charge is 0.471 e. The SMILES string of the molecule is CC(C)(C)C1CCCC(C(=O)O)N1C(=O)C(F)(F)F. The van der Waals surface area contributed by atoms with Gasteiger partial charge in [0.05, 0.1) is 0 Å². The van der Waals surface area contributed by atoms with Crippen LogP contribution < -0.4 is 0 Å².